The molecule has 41 valence electrons. The summed E-state index contributed by atoms with van der Waals surface area (Å²) in [5, 5.41) is 0. The molecule has 0 saturated carbocycles. The molecule has 0 aromatic rings. The Hall–Kier alpha value is 2.91. The summed E-state index contributed by atoms with van der Waals surface area (Å²) < 4.78 is 0. The number of hydrogen-bond donors (Lipinski definition) is 0. The Labute approximate surface area is 124 Å². The molecule has 0 atom stereocenters. The van der Waals surface area contributed by atoms with Gasteiger partial charge in [-0.1, -0.05) is 14.9 Å². The molecule has 0 fully saturated rings. The molecule has 0 heterocycles. The summed E-state index contributed by atoms with van der Waals surface area (Å²) in [6.07, 6.45) is 0. The second-order valence-corrected chi connectivity index (χ2v) is 0. The van der Waals surface area contributed by atoms with Crippen molar-refractivity contribution < 1.29 is 90.9 Å². The Kier molecular flexibility index (Phi) is 484. The largest absolute Gasteiger partial charge is 1.00 e. The molecule has 0 aliphatic carbocycles. The van der Waals surface area contributed by atoms with Crippen LogP contribution in [0.5, 0.6) is 0 Å². The number of rotatable bonds is 0. The predicted octanol–water partition coefficient (Wildman–Crippen LogP) is -0.436. The molecule has 0 aliphatic heterocycles. The molecule has 1 radical (unpaired) electrons. The van der Waals surface area contributed by atoms with Crippen LogP contribution in [0.4, 0.5) is 0 Å². The van der Waals surface area contributed by atoms with E-state index in [1.54, 1.807) is 6.92 Å². The monoisotopic (exact) mass is 250 g/mol. The van der Waals surface area contributed by atoms with Crippen LogP contribution in [-0.2, 0) is 32.7 Å². The minimum absolute atomic E-state index is 0. The Morgan fingerprint density at radius 2 is 1.00 bits per heavy atom. The van der Waals surface area contributed by atoms with E-state index in [1.807, 2.05) is 0 Å². The average Bonchev–Trinajstić information content (AvgIpc) is 1.00. The van der Waals surface area contributed by atoms with E-state index in [2.05, 4.69) is 6.92 Å². The third kappa shape index (κ3) is 50.3. The Morgan fingerprint density at radius 3 is 1.00 bits per heavy atom. The van der Waals surface area contributed by atoms with Crippen LogP contribution >= 0.6 is 0 Å². The summed E-state index contributed by atoms with van der Waals surface area (Å²) in [7, 11) is 0. The van der Waals surface area contributed by atoms with E-state index < -0.39 is 0 Å². The van der Waals surface area contributed by atoms with Gasteiger partial charge in [0.05, 0.1) is 0 Å². The van der Waals surface area contributed by atoms with Crippen LogP contribution in [-0.4, -0.2) is 0 Å². The third-order valence-electron chi connectivity index (χ3n) is 0. The maximum atomic E-state index is 3.25. The van der Waals surface area contributed by atoms with Crippen LogP contribution in [0.2, 0.25) is 0 Å². The summed E-state index contributed by atoms with van der Waals surface area (Å²) in [4.78, 5) is 0. The quantitative estimate of drug-likeness (QED) is 0.512. The van der Waals surface area contributed by atoms with Crippen molar-refractivity contribution in [3.05, 3.63) is 14.4 Å². The van der Waals surface area contributed by atoms with E-state index in [0.29, 0.717) is 0 Å². The third-order valence-corrected chi connectivity index (χ3v) is 0. The fraction of sp³-hybridized carbons (Fsp3) is 0.600. The molecular weight excluding hydrogens is 234 g/mol. The summed E-state index contributed by atoms with van der Waals surface area (Å²) in [5.74, 6) is 0. The molecular formula is C5H16RbY-. The smallest absolute Gasteiger partial charge is 0.358 e. The zero-order chi connectivity index (χ0) is 2.00. The first-order chi connectivity index (χ1) is 1.00. The van der Waals surface area contributed by atoms with Crippen LogP contribution in [0, 0.1) is 14.4 Å². The summed E-state index contributed by atoms with van der Waals surface area (Å²) >= 11 is 0. The average molecular weight is 251 g/mol. The molecule has 2 heteroatoms. The van der Waals surface area contributed by atoms with E-state index >= 15 is 0 Å². The second kappa shape index (κ2) is 65.9. The Bertz CT molecular complexity index is 8.04. The fourth-order valence-corrected chi connectivity index (χ4v) is 0. The van der Waals surface area contributed by atoms with Gasteiger partial charge in [-0.15, -0.1) is 0 Å². The topological polar surface area (TPSA) is 0 Å². The van der Waals surface area contributed by atoms with Crippen molar-refractivity contribution in [3.8, 4) is 0 Å². The zero-order valence-corrected chi connectivity index (χ0v) is 12.0. The molecule has 0 N–H and O–H groups in total. The van der Waals surface area contributed by atoms with Crippen molar-refractivity contribution in [1.29, 1.82) is 0 Å². The minimum atomic E-state index is 0. The summed E-state index contributed by atoms with van der Waals surface area (Å²) in [5.41, 5.74) is 0. The molecule has 0 aliphatic rings. The molecule has 0 rings (SSSR count). The van der Waals surface area contributed by atoms with Crippen LogP contribution in [0.15, 0.2) is 0 Å². The maximum absolute atomic E-state index is 3.25. The van der Waals surface area contributed by atoms with Gasteiger partial charge in [-0.25, -0.2) is 0 Å². The van der Waals surface area contributed by atoms with E-state index in [1.165, 1.54) is 0 Å². The Morgan fingerprint density at radius 1 is 1.00 bits per heavy atom. The molecule has 0 nitrogen and oxygen atoms in total. The first-order valence-corrected chi connectivity index (χ1v) is 0.707. The molecule has 0 amide bonds. The van der Waals surface area contributed by atoms with Gasteiger partial charge >= 0.3 is 58.2 Å². The van der Waals surface area contributed by atoms with Crippen molar-refractivity contribution in [2.45, 2.75) is 21.8 Å². The van der Waals surface area contributed by atoms with Crippen LogP contribution < -0.4 is 58.2 Å². The van der Waals surface area contributed by atoms with Crippen LogP contribution in [0.1, 0.15) is 21.8 Å². The van der Waals surface area contributed by atoms with Gasteiger partial charge in [0.25, 0.3) is 0 Å². The van der Waals surface area contributed by atoms with Gasteiger partial charge in [0.1, 0.15) is 0 Å². The van der Waals surface area contributed by atoms with Crippen LogP contribution in [0.3, 0.4) is 0 Å². The first kappa shape index (κ1) is 51.5. The fourth-order valence-electron chi connectivity index (χ4n) is 0. The minimum Gasteiger partial charge on any atom is -0.358 e. The standard InChI is InChI=1S/C2H5.2CH4.CH3.Rb.Y/c1-2;;;;;/h1H2,2H3;2*1H4;1H3;;/q-1;;;-1;+1;. The van der Waals surface area contributed by atoms with E-state index in [0.717, 1.165) is 0 Å². The number of hydrogen-bond acceptors (Lipinski definition) is 0. The van der Waals surface area contributed by atoms with Gasteiger partial charge in [0.2, 0.25) is 0 Å². The van der Waals surface area contributed by atoms with Crippen molar-refractivity contribution in [2.75, 3.05) is 0 Å². The van der Waals surface area contributed by atoms with Crippen LogP contribution in [0.25, 0.3) is 0 Å². The zero-order valence-electron chi connectivity index (χ0n) is 4.28. The second-order valence-electron chi connectivity index (χ2n) is 0. The maximum Gasteiger partial charge on any atom is 1.00 e. The SMILES string of the molecule is C.C.[CH2-]C.[CH3-].[Rb+].[Y]. The van der Waals surface area contributed by atoms with Gasteiger partial charge in [-0.2, -0.15) is 6.92 Å². The van der Waals surface area contributed by atoms with E-state index in [-0.39, 0.29) is 113 Å². The first-order valence-electron chi connectivity index (χ1n) is 0.707. The molecule has 7 heavy (non-hydrogen) atoms. The van der Waals surface area contributed by atoms with Gasteiger partial charge in [-0.05, 0) is 0 Å². The van der Waals surface area contributed by atoms with Gasteiger partial charge < -0.3 is 14.4 Å². The molecule has 0 spiro atoms. The van der Waals surface area contributed by atoms with Crippen molar-refractivity contribution in [3.63, 3.8) is 0 Å². The van der Waals surface area contributed by atoms with Gasteiger partial charge in [-0.3, -0.25) is 0 Å². The van der Waals surface area contributed by atoms with E-state index in [9.17, 15) is 0 Å². The van der Waals surface area contributed by atoms with Crippen molar-refractivity contribution in [1.82, 2.24) is 0 Å². The molecule has 0 bridgehead atoms. The molecule has 0 saturated heterocycles. The summed E-state index contributed by atoms with van der Waals surface area (Å²) in [6, 6.07) is 0. The van der Waals surface area contributed by atoms with E-state index in [4.69, 9.17) is 0 Å². The molecule has 0 unspecified atom stereocenters. The van der Waals surface area contributed by atoms with Crippen molar-refractivity contribution in [2.24, 2.45) is 0 Å². The van der Waals surface area contributed by atoms with Gasteiger partial charge in [0, 0.05) is 32.7 Å². The molecule has 0 aromatic carbocycles. The summed E-state index contributed by atoms with van der Waals surface area (Å²) in [6.45, 7) is 5.00. The normalized spacial score (nSPS) is 0.857. The molecule has 0 aromatic heterocycles. The van der Waals surface area contributed by atoms with Gasteiger partial charge in [0.15, 0.2) is 0 Å². The van der Waals surface area contributed by atoms with Crippen molar-refractivity contribution >= 4 is 0 Å². The Balaban J connectivity index is -0.000000000500. The predicted molar refractivity (Wildman–Crippen MR) is 30.9 cm³/mol.